The lowest BCUT2D eigenvalue weighted by molar-refractivity contribution is -0.384. The molecule has 0 aliphatic heterocycles. The number of halogens is 2. The fourth-order valence-electron chi connectivity index (χ4n) is 2.24. The maximum Gasteiger partial charge on any atom is 0.355 e. The first-order valence-electron chi connectivity index (χ1n) is 7.83. The number of aromatic nitrogens is 2. The predicted octanol–water partition coefficient (Wildman–Crippen LogP) is 4.78. The fraction of sp³-hybridized carbons (Fsp3) is 0. The van der Waals surface area contributed by atoms with Crippen molar-refractivity contribution >= 4 is 57.6 Å². The Bertz CT molecular complexity index is 1080. The molecular formula is C16H11Cl2N7O4. The number of benzene rings is 2. The van der Waals surface area contributed by atoms with Crippen molar-refractivity contribution in [3.05, 3.63) is 79.1 Å². The van der Waals surface area contributed by atoms with Gasteiger partial charge in [0.1, 0.15) is 6.33 Å². The maximum atomic E-state index is 11.6. The number of hydrogen-bond acceptors (Lipinski definition) is 9. The summed E-state index contributed by atoms with van der Waals surface area (Å²) in [7, 11) is 0. The third kappa shape index (κ3) is 4.78. The molecule has 1 heterocycles. The van der Waals surface area contributed by atoms with Crippen molar-refractivity contribution in [2.24, 2.45) is 0 Å². The van der Waals surface area contributed by atoms with Crippen molar-refractivity contribution in [3.8, 4) is 0 Å². The molecule has 11 nitrogen and oxygen atoms in total. The lowest BCUT2D eigenvalue weighted by atomic mass is 10.3. The van der Waals surface area contributed by atoms with Gasteiger partial charge in [-0.15, -0.1) is 0 Å². The predicted molar refractivity (Wildman–Crippen MR) is 109 cm³/mol. The van der Waals surface area contributed by atoms with Crippen LogP contribution in [0.3, 0.4) is 0 Å². The molecule has 3 rings (SSSR count). The summed E-state index contributed by atoms with van der Waals surface area (Å²) in [6.45, 7) is 0. The average molecular weight is 436 g/mol. The smallest absolute Gasteiger partial charge is 0.334 e. The minimum atomic E-state index is -0.653. The molecule has 0 spiro atoms. The summed E-state index contributed by atoms with van der Waals surface area (Å²) in [5.41, 5.74) is 5.67. The summed E-state index contributed by atoms with van der Waals surface area (Å²) in [5.74, 6) is -0.192. The van der Waals surface area contributed by atoms with Gasteiger partial charge in [-0.3, -0.25) is 31.1 Å². The van der Waals surface area contributed by atoms with Crippen molar-refractivity contribution in [2.75, 3.05) is 16.2 Å². The number of hydrogen-bond donors (Lipinski definition) is 3. The highest BCUT2D eigenvalue weighted by atomic mass is 35.5. The van der Waals surface area contributed by atoms with E-state index in [1.807, 2.05) is 0 Å². The molecule has 0 bridgehead atoms. The standard InChI is InChI=1S/C16H11Cl2N7O4/c17-12-6-3-10(7-13(12)18)21-15-14(25(28)29)16(20-8-19-15)23-22-9-1-4-11(5-2-9)24(26)27/h1-8,22H,(H2,19,20,21,23). The molecule has 0 aliphatic carbocycles. The van der Waals surface area contributed by atoms with Crippen molar-refractivity contribution < 1.29 is 9.85 Å². The van der Waals surface area contributed by atoms with E-state index in [0.717, 1.165) is 6.33 Å². The first-order chi connectivity index (χ1) is 13.8. The Morgan fingerprint density at radius 3 is 2.07 bits per heavy atom. The largest absolute Gasteiger partial charge is 0.355 e. The second kappa shape index (κ2) is 8.54. The van der Waals surface area contributed by atoms with Crippen LogP contribution in [-0.4, -0.2) is 19.8 Å². The van der Waals surface area contributed by atoms with Crippen LogP contribution in [0.1, 0.15) is 0 Å². The fourth-order valence-corrected chi connectivity index (χ4v) is 2.54. The lowest BCUT2D eigenvalue weighted by Crippen LogP contribution is -2.13. The highest BCUT2D eigenvalue weighted by Gasteiger charge is 2.23. The van der Waals surface area contributed by atoms with Crippen LogP contribution in [0.15, 0.2) is 48.8 Å². The summed E-state index contributed by atoms with van der Waals surface area (Å²) in [6.07, 6.45) is 1.13. The van der Waals surface area contributed by atoms with E-state index in [0.29, 0.717) is 16.4 Å². The number of anilines is 4. The molecule has 1 aromatic heterocycles. The molecule has 29 heavy (non-hydrogen) atoms. The van der Waals surface area contributed by atoms with E-state index in [4.69, 9.17) is 23.2 Å². The van der Waals surface area contributed by atoms with Crippen molar-refractivity contribution in [1.82, 2.24) is 9.97 Å². The number of nitro groups is 2. The molecule has 0 amide bonds. The summed E-state index contributed by atoms with van der Waals surface area (Å²) in [5, 5.41) is 25.7. The molecule has 3 aromatic rings. The van der Waals surface area contributed by atoms with E-state index in [2.05, 4.69) is 26.1 Å². The molecule has 0 saturated heterocycles. The van der Waals surface area contributed by atoms with Crippen molar-refractivity contribution in [3.63, 3.8) is 0 Å². The minimum absolute atomic E-state index is 0.0728. The molecule has 0 radical (unpaired) electrons. The van der Waals surface area contributed by atoms with Gasteiger partial charge in [-0.25, -0.2) is 9.97 Å². The van der Waals surface area contributed by atoms with E-state index in [9.17, 15) is 20.2 Å². The quantitative estimate of drug-likeness (QED) is 0.351. The van der Waals surface area contributed by atoms with Gasteiger partial charge in [0.25, 0.3) is 5.69 Å². The molecule has 0 saturated carbocycles. The van der Waals surface area contributed by atoms with Crippen LogP contribution < -0.4 is 16.2 Å². The van der Waals surface area contributed by atoms with Gasteiger partial charge in [0.2, 0.25) is 11.6 Å². The Balaban J connectivity index is 1.83. The molecule has 13 heteroatoms. The van der Waals surface area contributed by atoms with Gasteiger partial charge >= 0.3 is 5.69 Å². The van der Waals surface area contributed by atoms with Gasteiger partial charge in [-0.1, -0.05) is 23.2 Å². The second-order valence-electron chi connectivity index (χ2n) is 5.48. The number of rotatable bonds is 7. The van der Waals surface area contributed by atoms with Crippen molar-refractivity contribution in [1.29, 1.82) is 0 Å². The molecule has 148 valence electrons. The Morgan fingerprint density at radius 2 is 1.45 bits per heavy atom. The normalized spacial score (nSPS) is 10.3. The molecule has 0 atom stereocenters. The van der Waals surface area contributed by atoms with Crippen LogP contribution in [-0.2, 0) is 0 Å². The zero-order chi connectivity index (χ0) is 21.0. The molecule has 0 aliphatic rings. The molecule has 0 fully saturated rings. The van der Waals surface area contributed by atoms with E-state index >= 15 is 0 Å². The van der Waals surface area contributed by atoms with Crippen LogP contribution in [0.5, 0.6) is 0 Å². The van der Waals surface area contributed by atoms with E-state index in [-0.39, 0.29) is 22.3 Å². The molecule has 2 aromatic carbocycles. The highest BCUT2D eigenvalue weighted by Crippen LogP contribution is 2.33. The highest BCUT2D eigenvalue weighted by molar-refractivity contribution is 6.42. The summed E-state index contributed by atoms with van der Waals surface area (Å²) in [6, 6.07) is 10.1. The van der Waals surface area contributed by atoms with Crippen LogP contribution in [0.25, 0.3) is 0 Å². The number of non-ortho nitro benzene ring substituents is 1. The van der Waals surface area contributed by atoms with Crippen LogP contribution in [0, 0.1) is 20.2 Å². The van der Waals surface area contributed by atoms with Gasteiger partial charge in [0, 0.05) is 17.8 Å². The minimum Gasteiger partial charge on any atom is -0.334 e. The third-order valence-electron chi connectivity index (χ3n) is 3.59. The zero-order valence-electron chi connectivity index (χ0n) is 14.3. The summed E-state index contributed by atoms with van der Waals surface area (Å²) >= 11 is 11.8. The van der Waals surface area contributed by atoms with E-state index in [1.165, 1.54) is 36.4 Å². The van der Waals surface area contributed by atoms with Gasteiger partial charge in [-0.05, 0) is 30.3 Å². The Hall–Kier alpha value is -3.70. The topological polar surface area (TPSA) is 148 Å². The SMILES string of the molecule is O=[N+]([O-])c1ccc(NNc2ncnc(Nc3ccc(Cl)c(Cl)c3)c2[N+](=O)[O-])cc1. The number of nitro benzene ring substituents is 1. The maximum absolute atomic E-state index is 11.6. The van der Waals surface area contributed by atoms with E-state index in [1.54, 1.807) is 6.07 Å². The van der Waals surface area contributed by atoms with Crippen LogP contribution in [0.4, 0.5) is 34.4 Å². The van der Waals surface area contributed by atoms with Gasteiger partial charge in [0.15, 0.2) is 0 Å². The third-order valence-corrected chi connectivity index (χ3v) is 4.33. The van der Waals surface area contributed by atoms with Gasteiger partial charge < -0.3 is 5.32 Å². The number of hydrazine groups is 1. The Labute approximate surface area is 173 Å². The summed E-state index contributed by atoms with van der Waals surface area (Å²) in [4.78, 5) is 28.9. The zero-order valence-corrected chi connectivity index (χ0v) is 15.8. The molecule has 3 N–H and O–H groups in total. The van der Waals surface area contributed by atoms with Crippen LogP contribution in [0.2, 0.25) is 10.0 Å². The summed E-state index contributed by atoms with van der Waals surface area (Å²) < 4.78 is 0. The Kier molecular flexibility index (Phi) is 5.90. The first kappa shape index (κ1) is 20.0. The second-order valence-corrected chi connectivity index (χ2v) is 6.30. The van der Waals surface area contributed by atoms with Gasteiger partial charge in [-0.2, -0.15) is 0 Å². The monoisotopic (exact) mass is 435 g/mol. The first-order valence-corrected chi connectivity index (χ1v) is 8.58. The average Bonchev–Trinajstić information content (AvgIpc) is 2.69. The lowest BCUT2D eigenvalue weighted by Gasteiger charge is -2.12. The van der Waals surface area contributed by atoms with Gasteiger partial charge in [0.05, 0.1) is 25.6 Å². The van der Waals surface area contributed by atoms with Crippen LogP contribution >= 0.6 is 23.2 Å². The molecular weight excluding hydrogens is 425 g/mol. The number of nitrogens with zero attached hydrogens (tertiary/aromatic N) is 4. The van der Waals surface area contributed by atoms with E-state index < -0.39 is 15.5 Å². The number of nitrogens with one attached hydrogen (secondary N) is 3. The Morgan fingerprint density at radius 1 is 0.793 bits per heavy atom. The van der Waals surface area contributed by atoms with Crippen molar-refractivity contribution in [2.45, 2.75) is 0 Å². The molecule has 0 unspecified atom stereocenters.